The minimum atomic E-state index is -3.46. The van der Waals surface area contributed by atoms with Crippen LogP contribution in [-0.2, 0) is 14.8 Å². The first-order valence-corrected chi connectivity index (χ1v) is 8.49. The summed E-state index contributed by atoms with van der Waals surface area (Å²) in [6.07, 6.45) is 0. The monoisotopic (exact) mass is 397 g/mol. The van der Waals surface area contributed by atoms with E-state index in [0.29, 0.717) is 35.7 Å². The molecule has 18 heavy (non-hydrogen) atoms. The van der Waals surface area contributed by atoms with Crippen LogP contribution in [-0.4, -0.2) is 39.0 Å². The highest BCUT2D eigenvalue weighted by molar-refractivity contribution is 9.11. The molecule has 1 heterocycles. The van der Waals surface area contributed by atoms with Crippen LogP contribution < -0.4 is 0 Å². The standard InChI is InChI=1S/C11H13Br2NO3S/c1-8-6-10(13)11(7-9(8)12)18(15,16)14-2-4-17-5-3-14/h6-7H,2-5H2,1H3. The van der Waals surface area contributed by atoms with Crippen LogP contribution in [0.3, 0.4) is 0 Å². The maximum Gasteiger partial charge on any atom is 0.244 e. The minimum absolute atomic E-state index is 0.293. The van der Waals surface area contributed by atoms with E-state index in [1.54, 1.807) is 12.1 Å². The van der Waals surface area contributed by atoms with E-state index in [-0.39, 0.29) is 0 Å². The zero-order chi connectivity index (χ0) is 13.3. The normalized spacial score (nSPS) is 17.9. The van der Waals surface area contributed by atoms with Gasteiger partial charge in [-0.25, -0.2) is 8.42 Å². The SMILES string of the molecule is Cc1cc(Br)c(S(=O)(=O)N2CCOCC2)cc1Br. The third-order valence-corrected chi connectivity index (χ3v) is 6.51. The van der Waals surface area contributed by atoms with Crippen molar-refractivity contribution in [3.05, 3.63) is 26.6 Å². The number of hydrogen-bond acceptors (Lipinski definition) is 3. The van der Waals surface area contributed by atoms with E-state index in [4.69, 9.17) is 4.74 Å². The molecule has 0 bridgehead atoms. The van der Waals surface area contributed by atoms with E-state index in [9.17, 15) is 8.42 Å². The van der Waals surface area contributed by atoms with Crippen molar-refractivity contribution in [3.8, 4) is 0 Å². The molecule has 0 aromatic heterocycles. The molecule has 0 unspecified atom stereocenters. The Morgan fingerprint density at radius 1 is 1.17 bits per heavy atom. The number of ether oxygens (including phenoxy) is 1. The lowest BCUT2D eigenvalue weighted by atomic mass is 10.2. The Morgan fingerprint density at radius 2 is 1.78 bits per heavy atom. The highest BCUT2D eigenvalue weighted by Gasteiger charge is 2.28. The highest BCUT2D eigenvalue weighted by Crippen LogP contribution is 2.31. The van der Waals surface area contributed by atoms with Gasteiger partial charge in [0.25, 0.3) is 0 Å². The van der Waals surface area contributed by atoms with Crippen LogP contribution in [0.4, 0.5) is 0 Å². The van der Waals surface area contributed by atoms with Crippen molar-refractivity contribution in [2.75, 3.05) is 26.3 Å². The number of sulfonamides is 1. The van der Waals surface area contributed by atoms with E-state index < -0.39 is 10.0 Å². The van der Waals surface area contributed by atoms with Gasteiger partial charge in [0.05, 0.1) is 18.1 Å². The average molecular weight is 399 g/mol. The number of hydrogen-bond donors (Lipinski definition) is 0. The van der Waals surface area contributed by atoms with Crippen LogP contribution in [0.25, 0.3) is 0 Å². The summed E-state index contributed by atoms with van der Waals surface area (Å²) in [6, 6.07) is 3.45. The Labute approximate surface area is 124 Å². The van der Waals surface area contributed by atoms with Crippen molar-refractivity contribution >= 4 is 41.9 Å². The number of nitrogens with zero attached hydrogens (tertiary/aromatic N) is 1. The highest BCUT2D eigenvalue weighted by atomic mass is 79.9. The zero-order valence-corrected chi connectivity index (χ0v) is 13.8. The Hall–Kier alpha value is 0.0500. The summed E-state index contributed by atoms with van der Waals surface area (Å²) in [5.74, 6) is 0. The van der Waals surface area contributed by atoms with Crippen LogP contribution in [0.2, 0.25) is 0 Å². The van der Waals surface area contributed by atoms with Gasteiger partial charge in [-0.05, 0) is 40.5 Å². The molecule has 0 radical (unpaired) electrons. The van der Waals surface area contributed by atoms with Gasteiger partial charge < -0.3 is 4.74 Å². The second kappa shape index (κ2) is 5.58. The average Bonchev–Trinajstić information content (AvgIpc) is 2.34. The Kier molecular flexibility index (Phi) is 4.48. The molecule has 7 heteroatoms. The molecular weight excluding hydrogens is 386 g/mol. The fourth-order valence-electron chi connectivity index (χ4n) is 1.75. The van der Waals surface area contributed by atoms with E-state index in [1.807, 2.05) is 6.92 Å². The summed E-state index contributed by atoms with van der Waals surface area (Å²) in [5.41, 5.74) is 0.989. The smallest absolute Gasteiger partial charge is 0.244 e. The summed E-state index contributed by atoms with van der Waals surface area (Å²) in [7, 11) is -3.46. The third-order valence-electron chi connectivity index (χ3n) is 2.80. The largest absolute Gasteiger partial charge is 0.379 e. The van der Waals surface area contributed by atoms with Crippen LogP contribution >= 0.6 is 31.9 Å². The third kappa shape index (κ3) is 2.80. The van der Waals surface area contributed by atoms with Crippen LogP contribution in [0, 0.1) is 6.92 Å². The minimum Gasteiger partial charge on any atom is -0.379 e. The van der Waals surface area contributed by atoms with Crippen molar-refractivity contribution in [2.24, 2.45) is 0 Å². The first kappa shape index (κ1) is 14.5. The Bertz CT molecular complexity index is 554. The summed E-state index contributed by atoms with van der Waals surface area (Å²) in [4.78, 5) is 0.293. The van der Waals surface area contributed by atoms with E-state index >= 15 is 0 Å². The molecule has 0 spiro atoms. The van der Waals surface area contributed by atoms with E-state index in [2.05, 4.69) is 31.9 Å². The van der Waals surface area contributed by atoms with Crippen molar-refractivity contribution in [2.45, 2.75) is 11.8 Å². The predicted octanol–water partition coefficient (Wildman–Crippen LogP) is 2.54. The van der Waals surface area contributed by atoms with Crippen molar-refractivity contribution in [1.82, 2.24) is 4.31 Å². The molecule has 1 aliphatic rings. The number of rotatable bonds is 2. The van der Waals surface area contributed by atoms with Gasteiger partial charge in [0.1, 0.15) is 0 Å². The van der Waals surface area contributed by atoms with Crippen molar-refractivity contribution in [3.63, 3.8) is 0 Å². The van der Waals surface area contributed by atoms with Gasteiger partial charge in [-0.2, -0.15) is 4.31 Å². The maximum absolute atomic E-state index is 12.5. The lowest BCUT2D eigenvalue weighted by Crippen LogP contribution is -2.40. The van der Waals surface area contributed by atoms with Crippen molar-refractivity contribution < 1.29 is 13.2 Å². The number of benzene rings is 1. The molecule has 0 amide bonds. The quantitative estimate of drug-likeness (QED) is 0.768. The first-order valence-electron chi connectivity index (χ1n) is 5.46. The second-order valence-corrected chi connectivity index (χ2v) is 7.66. The molecule has 1 aromatic rings. The molecule has 100 valence electrons. The fourth-order valence-corrected chi connectivity index (χ4v) is 4.80. The first-order chi connectivity index (χ1) is 8.43. The lowest BCUT2D eigenvalue weighted by Gasteiger charge is -2.26. The molecular formula is C11H13Br2NO3S. The molecule has 0 N–H and O–H groups in total. The molecule has 0 atom stereocenters. The van der Waals surface area contributed by atoms with Gasteiger partial charge >= 0.3 is 0 Å². The fraction of sp³-hybridized carbons (Fsp3) is 0.455. The molecule has 0 aliphatic carbocycles. The van der Waals surface area contributed by atoms with Crippen LogP contribution in [0.1, 0.15) is 5.56 Å². The molecule has 0 saturated carbocycles. The van der Waals surface area contributed by atoms with Crippen LogP contribution in [0.15, 0.2) is 26.0 Å². The number of morpholine rings is 1. The van der Waals surface area contributed by atoms with Gasteiger partial charge in [0.2, 0.25) is 10.0 Å². The van der Waals surface area contributed by atoms with Crippen LogP contribution in [0.5, 0.6) is 0 Å². The maximum atomic E-state index is 12.5. The Morgan fingerprint density at radius 3 is 2.39 bits per heavy atom. The van der Waals surface area contributed by atoms with Crippen molar-refractivity contribution in [1.29, 1.82) is 0 Å². The second-order valence-electron chi connectivity index (χ2n) is 4.05. The van der Waals surface area contributed by atoms with Gasteiger partial charge in [0, 0.05) is 22.0 Å². The Balaban J connectivity index is 2.43. The molecule has 1 aromatic carbocycles. The van der Waals surface area contributed by atoms with E-state index in [0.717, 1.165) is 10.0 Å². The summed E-state index contributed by atoms with van der Waals surface area (Å²) < 4.78 is 33.0. The summed E-state index contributed by atoms with van der Waals surface area (Å²) in [5, 5.41) is 0. The number of halogens is 2. The van der Waals surface area contributed by atoms with Gasteiger partial charge in [-0.1, -0.05) is 15.9 Å². The predicted molar refractivity (Wildman–Crippen MR) is 76.2 cm³/mol. The summed E-state index contributed by atoms with van der Waals surface area (Å²) in [6.45, 7) is 3.62. The molecule has 4 nitrogen and oxygen atoms in total. The van der Waals surface area contributed by atoms with Gasteiger partial charge in [-0.3, -0.25) is 0 Å². The number of aryl methyl sites for hydroxylation is 1. The molecule has 1 saturated heterocycles. The summed E-state index contributed by atoms with van der Waals surface area (Å²) >= 11 is 6.69. The molecule has 2 rings (SSSR count). The molecule has 1 fully saturated rings. The molecule has 1 aliphatic heterocycles. The van der Waals surface area contributed by atoms with Gasteiger partial charge in [-0.15, -0.1) is 0 Å². The topological polar surface area (TPSA) is 46.6 Å². The van der Waals surface area contributed by atoms with Gasteiger partial charge in [0.15, 0.2) is 0 Å². The zero-order valence-electron chi connectivity index (χ0n) is 9.82. The van der Waals surface area contributed by atoms with E-state index in [1.165, 1.54) is 4.31 Å². The lowest BCUT2D eigenvalue weighted by molar-refractivity contribution is 0.0730.